The van der Waals surface area contributed by atoms with Crippen LogP contribution in [0.5, 0.6) is 0 Å². The molecule has 0 aliphatic heterocycles. The van der Waals surface area contributed by atoms with Crippen LogP contribution in [-0.4, -0.2) is 39.0 Å². The van der Waals surface area contributed by atoms with Crippen LogP contribution in [0.3, 0.4) is 0 Å². The van der Waals surface area contributed by atoms with E-state index in [1.54, 1.807) is 12.1 Å². The predicted molar refractivity (Wildman–Crippen MR) is 38.8 cm³/mol. The second-order valence-corrected chi connectivity index (χ2v) is 3.20. The van der Waals surface area contributed by atoms with E-state index in [-0.39, 0.29) is 0 Å². The van der Waals surface area contributed by atoms with Crippen molar-refractivity contribution in [1.82, 2.24) is 0 Å². The van der Waals surface area contributed by atoms with Gasteiger partial charge in [-0.15, -0.1) is 0 Å². The Morgan fingerprint density at radius 2 is 2.00 bits per heavy atom. The molecule has 0 spiro atoms. The molecule has 1 aromatic carbocycles. The summed E-state index contributed by atoms with van der Waals surface area (Å²) in [6.07, 6.45) is 0. The molecule has 0 aliphatic carbocycles. The van der Waals surface area contributed by atoms with Gasteiger partial charge in [-0.05, 0) is 0 Å². The third-order valence-electron chi connectivity index (χ3n) is 1.38. The van der Waals surface area contributed by atoms with Gasteiger partial charge in [0.05, 0.1) is 0 Å². The van der Waals surface area contributed by atoms with E-state index in [4.69, 9.17) is 5.11 Å². The SMILES string of the molecule is O=C(O)c1cccc[c]1[Na]. The van der Waals surface area contributed by atoms with Gasteiger partial charge < -0.3 is 0 Å². The van der Waals surface area contributed by atoms with E-state index >= 15 is 0 Å². The molecule has 2 nitrogen and oxygen atoms in total. The molecule has 0 amide bonds. The van der Waals surface area contributed by atoms with E-state index in [9.17, 15) is 4.79 Å². The second kappa shape index (κ2) is 3.19. The predicted octanol–water partition coefficient (Wildman–Crippen LogP) is 0.179. The summed E-state index contributed by atoms with van der Waals surface area (Å²) in [6, 6.07) is 7.07. The van der Waals surface area contributed by atoms with Crippen LogP contribution in [0.25, 0.3) is 0 Å². The molecule has 0 saturated heterocycles. The number of hydrogen-bond acceptors (Lipinski definition) is 1. The molecule has 0 atom stereocenters. The molecule has 1 aromatic rings. The Morgan fingerprint density at radius 3 is 2.40 bits per heavy atom. The van der Waals surface area contributed by atoms with Crippen molar-refractivity contribution in [1.29, 1.82) is 0 Å². The normalized spacial score (nSPS) is 9.40. The minimum atomic E-state index is -0.828. The topological polar surface area (TPSA) is 37.3 Å². The summed E-state index contributed by atoms with van der Waals surface area (Å²) < 4.78 is 0.940. The van der Waals surface area contributed by atoms with Crippen LogP contribution in [0.2, 0.25) is 0 Å². The van der Waals surface area contributed by atoms with Crippen LogP contribution >= 0.6 is 0 Å². The number of aromatic carboxylic acids is 1. The summed E-state index contributed by atoms with van der Waals surface area (Å²) >= 11 is 0.792. The van der Waals surface area contributed by atoms with Gasteiger partial charge in [-0.1, -0.05) is 0 Å². The Labute approximate surface area is 76.3 Å². The molecular weight excluding hydrogens is 139 g/mol. The fourth-order valence-electron chi connectivity index (χ4n) is 0.813. The zero-order valence-corrected chi connectivity index (χ0v) is 7.66. The van der Waals surface area contributed by atoms with Crippen molar-refractivity contribution in [3.63, 3.8) is 0 Å². The van der Waals surface area contributed by atoms with Crippen LogP contribution in [0.1, 0.15) is 10.4 Å². The maximum absolute atomic E-state index is 10.4. The Morgan fingerprint density at radius 1 is 1.40 bits per heavy atom. The third-order valence-corrected chi connectivity index (χ3v) is 2.25. The quantitative estimate of drug-likeness (QED) is 0.571. The number of benzene rings is 1. The zero-order chi connectivity index (χ0) is 7.56. The molecule has 0 heterocycles. The number of carboxylic acid groups (broad SMARTS) is 1. The summed E-state index contributed by atoms with van der Waals surface area (Å²) in [4.78, 5) is 10.4. The van der Waals surface area contributed by atoms with Crippen molar-refractivity contribution in [2.75, 3.05) is 0 Å². The third kappa shape index (κ3) is 1.59. The van der Waals surface area contributed by atoms with Crippen LogP contribution in [0.15, 0.2) is 24.3 Å². The summed E-state index contributed by atoms with van der Waals surface area (Å²) in [7, 11) is 0. The number of carboxylic acids is 1. The molecule has 0 aliphatic rings. The Hall–Kier alpha value is -0.310. The van der Waals surface area contributed by atoms with Crippen LogP contribution in [0, 0.1) is 0 Å². The molecule has 0 bridgehead atoms. The molecule has 10 heavy (non-hydrogen) atoms. The monoisotopic (exact) mass is 144 g/mol. The van der Waals surface area contributed by atoms with Gasteiger partial charge >= 0.3 is 76.4 Å². The Kier molecular flexibility index (Phi) is 2.49. The number of rotatable bonds is 1. The fourth-order valence-corrected chi connectivity index (χ4v) is 1.39. The van der Waals surface area contributed by atoms with Crippen LogP contribution in [0.4, 0.5) is 0 Å². The Bertz CT molecular complexity index is 258. The zero-order valence-electron chi connectivity index (χ0n) is 5.66. The van der Waals surface area contributed by atoms with Crippen molar-refractivity contribution in [3.8, 4) is 0 Å². The molecule has 0 saturated carbocycles. The maximum atomic E-state index is 10.4. The van der Waals surface area contributed by atoms with E-state index in [0.29, 0.717) is 5.56 Å². The molecule has 0 radical (unpaired) electrons. The standard InChI is InChI=1S/C7H5O2.Na/c8-7(9)6-4-2-1-3-5-6;/h1-4H,(H,8,9);. The van der Waals surface area contributed by atoms with E-state index in [2.05, 4.69) is 0 Å². The van der Waals surface area contributed by atoms with Crippen LogP contribution < -0.4 is 2.81 Å². The van der Waals surface area contributed by atoms with Crippen molar-refractivity contribution >= 4 is 36.7 Å². The summed E-state index contributed by atoms with van der Waals surface area (Å²) in [5.74, 6) is -0.828. The molecule has 0 aromatic heterocycles. The van der Waals surface area contributed by atoms with E-state index in [1.807, 2.05) is 12.1 Å². The van der Waals surface area contributed by atoms with Gasteiger partial charge in [-0.2, -0.15) is 0 Å². The molecule has 1 rings (SSSR count). The molecule has 1 N–H and O–H groups in total. The summed E-state index contributed by atoms with van der Waals surface area (Å²) in [5.41, 5.74) is 0.439. The number of carbonyl (C=O) groups is 1. The Balaban J connectivity index is 3.15. The summed E-state index contributed by atoms with van der Waals surface area (Å²) in [6.45, 7) is 0. The summed E-state index contributed by atoms with van der Waals surface area (Å²) in [5, 5.41) is 8.59. The molecule has 0 unspecified atom stereocenters. The first-order valence-electron chi connectivity index (χ1n) is 3.01. The first-order chi connectivity index (χ1) is 4.72. The second-order valence-electron chi connectivity index (χ2n) is 2.12. The van der Waals surface area contributed by atoms with Gasteiger partial charge in [-0.3, -0.25) is 0 Å². The molecular formula is C7H5NaO2. The first kappa shape index (κ1) is 7.79. The van der Waals surface area contributed by atoms with E-state index in [0.717, 1.165) is 30.7 Å². The molecule has 0 fully saturated rings. The van der Waals surface area contributed by atoms with Crippen LogP contribution in [-0.2, 0) is 0 Å². The van der Waals surface area contributed by atoms with Crippen molar-refractivity contribution < 1.29 is 9.90 Å². The van der Waals surface area contributed by atoms with Gasteiger partial charge in [0.1, 0.15) is 0 Å². The van der Waals surface area contributed by atoms with Crippen molar-refractivity contribution in [2.24, 2.45) is 0 Å². The van der Waals surface area contributed by atoms with Gasteiger partial charge in [0, 0.05) is 0 Å². The van der Waals surface area contributed by atoms with Crippen molar-refractivity contribution in [2.45, 2.75) is 0 Å². The first-order valence-corrected chi connectivity index (χ1v) is 4.01. The molecule has 46 valence electrons. The minimum absolute atomic E-state index is 0.439. The van der Waals surface area contributed by atoms with E-state index in [1.165, 1.54) is 0 Å². The van der Waals surface area contributed by atoms with Gasteiger partial charge in [0.25, 0.3) is 0 Å². The van der Waals surface area contributed by atoms with Gasteiger partial charge in [-0.25, -0.2) is 0 Å². The number of hydrogen-bond donors (Lipinski definition) is 1. The van der Waals surface area contributed by atoms with Gasteiger partial charge in [0.2, 0.25) is 0 Å². The average Bonchev–Trinajstić information content (AvgIpc) is 1.88. The van der Waals surface area contributed by atoms with E-state index < -0.39 is 5.97 Å². The fraction of sp³-hybridized carbons (Fsp3) is 0. The van der Waals surface area contributed by atoms with Crippen molar-refractivity contribution in [3.05, 3.63) is 29.8 Å². The average molecular weight is 144 g/mol. The van der Waals surface area contributed by atoms with Gasteiger partial charge in [0.15, 0.2) is 0 Å². The molecule has 3 heteroatoms.